The molecule has 0 spiro atoms. The molecule has 0 saturated heterocycles. The SMILES string of the molecule is CCCC(Br)C(C)c1ccc(OC(F)(F)F)cc1. The first-order chi connectivity index (χ1) is 8.33. The fourth-order valence-electron chi connectivity index (χ4n) is 1.71. The van der Waals surface area contributed by atoms with Crippen LogP contribution in [-0.2, 0) is 0 Å². The van der Waals surface area contributed by atoms with Crippen LogP contribution in [0.25, 0.3) is 0 Å². The van der Waals surface area contributed by atoms with E-state index < -0.39 is 6.36 Å². The Hall–Kier alpha value is -0.710. The molecule has 0 aliphatic rings. The monoisotopic (exact) mass is 324 g/mol. The van der Waals surface area contributed by atoms with E-state index in [1.165, 1.54) is 12.1 Å². The van der Waals surface area contributed by atoms with Crippen LogP contribution in [0, 0.1) is 0 Å². The average Bonchev–Trinajstić information content (AvgIpc) is 2.27. The molecule has 1 aromatic rings. The third kappa shape index (κ3) is 4.88. The van der Waals surface area contributed by atoms with E-state index in [0.717, 1.165) is 18.4 Å². The summed E-state index contributed by atoms with van der Waals surface area (Å²) in [5, 5.41) is 0. The van der Waals surface area contributed by atoms with Crippen LogP contribution in [0.3, 0.4) is 0 Å². The lowest BCUT2D eigenvalue weighted by Gasteiger charge is -2.18. The minimum Gasteiger partial charge on any atom is -0.406 e. The summed E-state index contributed by atoms with van der Waals surface area (Å²) in [6.07, 6.45) is -2.54. The molecule has 5 heteroatoms. The summed E-state index contributed by atoms with van der Waals surface area (Å²) < 4.78 is 39.8. The molecule has 0 N–H and O–H groups in total. The zero-order valence-electron chi connectivity index (χ0n) is 10.3. The molecule has 1 rings (SSSR count). The first-order valence-corrected chi connectivity index (χ1v) is 6.75. The van der Waals surface area contributed by atoms with Crippen molar-refractivity contribution in [2.24, 2.45) is 0 Å². The third-order valence-corrected chi connectivity index (χ3v) is 4.00. The summed E-state index contributed by atoms with van der Waals surface area (Å²) in [5.74, 6) is 0.0740. The van der Waals surface area contributed by atoms with Gasteiger partial charge in [-0.25, -0.2) is 0 Å². The number of alkyl halides is 4. The average molecular weight is 325 g/mol. The topological polar surface area (TPSA) is 9.23 Å². The van der Waals surface area contributed by atoms with Gasteiger partial charge in [-0.15, -0.1) is 13.2 Å². The van der Waals surface area contributed by atoms with Crippen LogP contribution >= 0.6 is 15.9 Å². The lowest BCUT2D eigenvalue weighted by molar-refractivity contribution is -0.274. The van der Waals surface area contributed by atoms with Gasteiger partial charge in [0, 0.05) is 4.83 Å². The van der Waals surface area contributed by atoms with Crippen molar-refractivity contribution in [3.63, 3.8) is 0 Å². The summed E-state index contributed by atoms with van der Waals surface area (Å²) in [7, 11) is 0. The molecule has 0 aliphatic heterocycles. The molecular formula is C13H16BrF3O. The van der Waals surface area contributed by atoms with Crippen LogP contribution in [0.15, 0.2) is 24.3 Å². The smallest absolute Gasteiger partial charge is 0.406 e. The van der Waals surface area contributed by atoms with Gasteiger partial charge < -0.3 is 4.74 Å². The Balaban J connectivity index is 2.70. The first kappa shape index (κ1) is 15.3. The normalized spacial score (nSPS) is 15.2. The Morgan fingerprint density at radius 3 is 2.22 bits per heavy atom. The molecule has 18 heavy (non-hydrogen) atoms. The molecule has 0 fully saturated rings. The second kappa shape index (κ2) is 6.45. The van der Waals surface area contributed by atoms with Crippen molar-refractivity contribution in [1.82, 2.24) is 0 Å². The van der Waals surface area contributed by atoms with E-state index in [-0.39, 0.29) is 11.7 Å². The molecule has 0 heterocycles. The maximum atomic E-state index is 12.0. The highest BCUT2D eigenvalue weighted by atomic mass is 79.9. The fourth-order valence-corrected chi connectivity index (χ4v) is 2.47. The van der Waals surface area contributed by atoms with Gasteiger partial charge in [-0.1, -0.05) is 48.3 Å². The molecule has 1 aromatic carbocycles. The predicted octanol–water partition coefficient (Wildman–Crippen LogP) is 5.25. The van der Waals surface area contributed by atoms with Crippen molar-refractivity contribution >= 4 is 15.9 Å². The van der Waals surface area contributed by atoms with Gasteiger partial charge in [0.1, 0.15) is 5.75 Å². The van der Waals surface area contributed by atoms with E-state index in [2.05, 4.69) is 34.5 Å². The van der Waals surface area contributed by atoms with Crippen LogP contribution in [0.4, 0.5) is 13.2 Å². The zero-order valence-corrected chi connectivity index (χ0v) is 11.9. The zero-order chi connectivity index (χ0) is 13.8. The van der Waals surface area contributed by atoms with E-state index in [0.29, 0.717) is 4.83 Å². The van der Waals surface area contributed by atoms with E-state index in [4.69, 9.17) is 0 Å². The number of hydrogen-bond acceptors (Lipinski definition) is 1. The fraction of sp³-hybridized carbons (Fsp3) is 0.538. The summed E-state index contributed by atoms with van der Waals surface area (Å²) in [4.78, 5) is 0.330. The highest BCUT2D eigenvalue weighted by Gasteiger charge is 2.31. The van der Waals surface area contributed by atoms with Crippen molar-refractivity contribution in [1.29, 1.82) is 0 Å². The Bertz CT molecular complexity index is 361. The molecule has 0 radical (unpaired) electrons. The lowest BCUT2D eigenvalue weighted by atomic mass is 9.95. The van der Waals surface area contributed by atoms with Crippen molar-refractivity contribution in [3.8, 4) is 5.75 Å². The van der Waals surface area contributed by atoms with Crippen molar-refractivity contribution in [3.05, 3.63) is 29.8 Å². The molecule has 0 aliphatic carbocycles. The maximum absolute atomic E-state index is 12.0. The van der Waals surface area contributed by atoms with Gasteiger partial charge in [0.15, 0.2) is 0 Å². The van der Waals surface area contributed by atoms with Crippen LogP contribution in [0.2, 0.25) is 0 Å². The van der Waals surface area contributed by atoms with Crippen molar-refractivity contribution in [2.75, 3.05) is 0 Å². The largest absolute Gasteiger partial charge is 0.573 e. The Kier molecular flexibility index (Phi) is 5.50. The molecule has 0 amide bonds. The second-order valence-electron chi connectivity index (χ2n) is 4.21. The van der Waals surface area contributed by atoms with Gasteiger partial charge in [0.2, 0.25) is 0 Å². The Labute approximate surface area is 113 Å². The molecule has 102 valence electrons. The van der Waals surface area contributed by atoms with E-state index in [1.807, 2.05) is 0 Å². The standard InChI is InChI=1S/C13H16BrF3O/c1-3-4-12(14)9(2)10-5-7-11(8-6-10)18-13(15,16)17/h5-9,12H,3-4H2,1-2H3. The van der Waals surface area contributed by atoms with Crippen molar-refractivity contribution in [2.45, 2.75) is 43.8 Å². The summed E-state index contributed by atoms with van der Waals surface area (Å²) in [6, 6.07) is 6.06. The molecule has 0 aromatic heterocycles. The molecule has 2 atom stereocenters. The van der Waals surface area contributed by atoms with Gasteiger partial charge in [-0.3, -0.25) is 0 Å². The van der Waals surface area contributed by atoms with Gasteiger partial charge in [-0.05, 0) is 30.0 Å². The highest BCUT2D eigenvalue weighted by molar-refractivity contribution is 9.09. The minimum atomic E-state index is -4.63. The van der Waals surface area contributed by atoms with Crippen LogP contribution in [0.5, 0.6) is 5.75 Å². The molecule has 2 unspecified atom stereocenters. The van der Waals surface area contributed by atoms with Gasteiger partial charge >= 0.3 is 6.36 Å². The van der Waals surface area contributed by atoms with Gasteiger partial charge in [0.05, 0.1) is 0 Å². The highest BCUT2D eigenvalue weighted by Crippen LogP contribution is 2.30. The molecular weight excluding hydrogens is 309 g/mol. The second-order valence-corrected chi connectivity index (χ2v) is 5.39. The summed E-state index contributed by atoms with van der Waals surface area (Å²) in [6.45, 7) is 4.15. The Morgan fingerprint density at radius 1 is 1.22 bits per heavy atom. The first-order valence-electron chi connectivity index (χ1n) is 5.83. The summed E-state index contributed by atoms with van der Waals surface area (Å²) in [5.41, 5.74) is 1.000. The summed E-state index contributed by atoms with van der Waals surface area (Å²) >= 11 is 3.60. The predicted molar refractivity (Wildman–Crippen MR) is 69.2 cm³/mol. The molecule has 0 bridgehead atoms. The van der Waals surface area contributed by atoms with Crippen molar-refractivity contribution < 1.29 is 17.9 Å². The number of benzene rings is 1. The Morgan fingerprint density at radius 2 is 1.78 bits per heavy atom. The van der Waals surface area contributed by atoms with E-state index in [1.54, 1.807) is 12.1 Å². The molecule has 0 saturated carbocycles. The number of rotatable bonds is 5. The molecule has 1 nitrogen and oxygen atoms in total. The van der Waals surface area contributed by atoms with Gasteiger partial charge in [-0.2, -0.15) is 0 Å². The van der Waals surface area contributed by atoms with E-state index >= 15 is 0 Å². The quantitative estimate of drug-likeness (QED) is 0.672. The van der Waals surface area contributed by atoms with Gasteiger partial charge in [0.25, 0.3) is 0 Å². The van der Waals surface area contributed by atoms with E-state index in [9.17, 15) is 13.2 Å². The number of ether oxygens (including phenoxy) is 1. The van der Waals surface area contributed by atoms with Crippen LogP contribution < -0.4 is 4.74 Å². The third-order valence-electron chi connectivity index (χ3n) is 2.75. The van der Waals surface area contributed by atoms with Crippen LogP contribution in [-0.4, -0.2) is 11.2 Å². The number of hydrogen-bond donors (Lipinski definition) is 0. The number of halogens is 4. The lowest BCUT2D eigenvalue weighted by Crippen LogP contribution is -2.17. The maximum Gasteiger partial charge on any atom is 0.573 e. The van der Waals surface area contributed by atoms with Crippen LogP contribution in [0.1, 0.15) is 38.2 Å². The minimum absolute atomic E-state index is 0.180.